The Morgan fingerprint density at radius 3 is 2.59 bits per heavy atom. The number of benzene rings is 2. The summed E-state index contributed by atoms with van der Waals surface area (Å²) >= 11 is 0. The molecule has 2 aromatic carbocycles. The molecule has 54 heavy (non-hydrogen) atoms. The molecule has 4 N–H and O–H groups in total. The number of carbonyl (C=O) groups excluding carboxylic acids is 3. The summed E-state index contributed by atoms with van der Waals surface area (Å²) < 4.78 is 24.6. The van der Waals surface area contributed by atoms with Crippen molar-refractivity contribution >= 4 is 29.7 Å². The lowest BCUT2D eigenvalue weighted by Crippen LogP contribution is -2.42. The molecule has 1 fully saturated rings. The van der Waals surface area contributed by atoms with E-state index in [0.717, 1.165) is 41.8 Å². The third-order valence-corrected chi connectivity index (χ3v) is 11.0. The summed E-state index contributed by atoms with van der Waals surface area (Å²) in [5, 5.41) is 44.7. The fraction of sp³-hybridized carbons (Fsp3) is 0.524. The van der Waals surface area contributed by atoms with E-state index in [1.165, 1.54) is 0 Å². The smallest absolute Gasteiger partial charge is 0.375 e. The molecule has 4 unspecified atom stereocenters. The van der Waals surface area contributed by atoms with E-state index in [4.69, 9.17) is 18.9 Å². The van der Waals surface area contributed by atoms with Crippen LogP contribution in [0.3, 0.4) is 0 Å². The summed E-state index contributed by atoms with van der Waals surface area (Å²) in [5.41, 5.74) is 1.30. The maximum Gasteiger partial charge on any atom is 0.375 e. The van der Waals surface area contributed by atoms with Crippen LogP contribution in [0, 0.1) is 5.92 Å². The number of esters is 1. The topological polar surface area (TPSA) is 181 Å². The zero-order valence-corrected chi connectivity index (χ0v) is 31.3. The summed E-state index contributed by atoms with van der Waals surface area (Å²) in [6.07, 6.45) is 6.79. The molecule has 0 saturated heterocycles. The lowest BCUT2D eigenvalue weighted by atomic mass is 9.71. The van der Waals surface area contributed by atoms with Crippen LogP contribution in [0.15, 0.2) is 40.1 Å². The molecule has 1 saturated carbocycles. The average molecular weight is 746 g/mol. The predicted molar refractivity (Wildman–Crippen MR) is 198 cm³/mol. The SMILES string of the molecule is CCCCCCC(C)(O)C1Cc2c(c(CO)c3c(c2OCCCO)C(=C2CC(CO)C(=O)C(c4ccc5c(c4)=CCN=5)C2)C(C=O)=C(C(=O)OCC)O3)O1. The van der Waals surface area contributed by atoms with E-state index in [-0.39, 0.29) is 79.7 Å². The monoisotopic (exact) mass is 745 g/mol. The van der Waals surface area contributed by atoms with Crippen molar-refractivity contribution in [1.82, 2.24) is 0 Å². The molecule has 4 atom stereocenters. The van der Waals surface area contributed by atoms with Crippen LogP contribution in [-0.2, 0) is 32.1 Å². The van der Waals surface area contributed by atoms with Crippen LogP contribution in [0.1, 0.15) is 100 Å². The number of ether oxygens (including phenoxy) is 4. The summed E-state index contributed by atoms with van der Waals surface area (Å²) in [6.45, 7) is 4.89. The minimum atomic E-state index is -1.25. The number of rotatable bonds is 16. The molecule has 1 aliphatic carbocycles. The van der Waals surface area contributed by atoms with Gasteiger partial charge in [-0.2, -0.15) is 0 Å². The highest BCUT2D eigenvalue weighted by atomic mass is 16.6. The maximum atomic E-state index is 14.0. The van der Waals surface area contributed by atoms with Crippen molar-refractivity contribution in [2.75, 3.05) is 33.0 Å². The standard InChI is InChI=1S/C42H51NO11/c1-4-6-7-8-13-42(3,50)33-20-29-37(53-33)31(23-47)39-35(38(29)52-16-9-15-44)34(30(22-46)40(54-39)41(49)51-5-2)26-18-27(21-45)36(48)28(19-26)24-10-11-32-25(17-24)12-14-43-32/h10-12,17,22,27-28,33,44-45,47,50H,4-9,13-16,18-21,23H2,1-3H3. The van der Waals surface area contributed by atoms with Crippen LogP contribution in [-0.4, -0.2) is 83.1 Å². The molecule has 2 aromatic rings. The van der Waals surface area contributed by atoms with Gasteiger partial charge in [-0.3, -0.25) is 14.6 Å². The molecule has 3 heterocycles. The van der Waals surface area contributed by atoms with Gasteiger partial charge < -0.3 is 39.4 Å². The third kappa shape index (κ3) is 7.49. The molecule has 3 aliphatic heterocycles. The maximum absolute atomic E-state index is 14.0. The lowest BCUT2D eigenvalue weighted by Gasteiger charge is -2.34. The van der Waals surface area contributed by atoms with Gasteiger partial charge in [0.2, 0.25) is 5.76 Å². The number of ketones is 1. The Morgan fingerprint density at radius 1 is 1.07 bits per heavy atom. The summed E-state index contributed by atoms with van der Waals surface area (Å²) in [5.74, 6) is -2.40. The molecule has 4 aliphatic rings. The van der Waals surface area contributed by atoms with Gasteiger partial charge in [0.05, 0.1) is 60.6 Å². The Hall–Kier alpha value is -4.36. The summed E-state index contributed by atoms with van der Waals surface area (Å²) in [4.78, 5) is 45.2. The van der Waals surface area contributed by atoms with Crippen molar-refractivity contribution in [3.8, 4) is 17.2 Å². The second kappa shape index (κ2) is 17.0. The second-order valence-corrected chi connectivity index (χ2v) is 14.6. The predicted octanol–water partition coefficient (Wildman–Crippen LogP) is 3.30. The quantitative estimate of drug-likeness (QED) is 0.113. The fourth-order valence-corrected chi connectivity index (χ4v) is 8.12. The lowest BCUT2D eigenvalue weighted by molar-refractivity contribution is -0.141. The molecule has 0 spiro atoms. The molecule has 0 aromatic heterocycles. The van der Waals surface area contributed by atoms with Crippen molar-refractivity contribution in [3.63, 3.8) is 0 Å². The van der Waals surface area contributed by atoms with Gasteiger partial charge in [0.25, 0.3) is 0 Å². The first-order valence-electron chi connectivity index (χ1n) is 19.1. The highest BCUT2D eigenvalue weighted by molar-refractivity contribution is 6.11. The van der Waals surface area contributed by atoms with Gasteiger partial charge in [0.15, 0.2) is 6.29 Å². The molecule has 0 amide bonds. The van der Waals surface area contributed by atoms with E-state index in [1.807, 2.05) is 24.3 Å². The molecular weight excluding hydrogens is 694 g/mol. The Morgan fingerprint density at radius 2 is 1.89 bits per heavy atom. The van der Waals surface area contributed by atoms with E-state index >= 15 is 0 Å². The Labute approximate surface area is 314 Å². The van der Waals surface area contributed by atoms with Crippen molar-refractivity contribution in [1.29, 1.82) is 0 Å². The molecular formula is C42H51NO11. The zero-order chi connectivity index (χ0) is 38.6. The summed E-state index contributed by atoms with van der Waals surface area (Å²) in [7, 11) is 0. The molecule has 12 heteroatoms. The van der Waals surface area contributed by atoms with Crippen LogP contribution in [0.4, 0.5) is 0 Å². The minimum absolute atomic E-state index is 0.00785. The van der Waals surface area contributed by atoms with E-state index in [0.29, 0.717) is 41.5 Å². The van der Waals surface area contributed by atoms with E-state index in [9.17, 15) is 34.8 Å². The van der Waals surface area contributed by atoms with Crippen molar-refractivity contribution in [2.24, 2.45) is 10.9 Å². The number of fused-ring (bicyclic) bond motifs is 3. The van der Waals surface area contributed by atoms with Crippen molar-refractivity contribution in [3.05, 3.63) is 67.9 Å². The number of aliphatic hydroxyl groups excluding tert-OH is 3. The normalized spacial score (nSPS) is 22.6. The van der Waals surface area contributed by atoms with Gasteiger partial charge in [0, 0.05) is 42.4 Å². The molecule has 0 bridgehead atoms. The highest BCUT2D eigenvalue weighted by Gasteiger charge is 2.46. The van der Waals surface area contributed by atoms with Gasteiger partial charge >= 0.3 is 5.97 Å². The van der Waals surface area contributed by atoms with Gasteiger partial charge in [0.1, 0.15) is 29.1 Å². The first-order valence-corrected chi connectivity index (χ1v) is 19.1. The Bertz CT molecular complexity index is 1980. The number of nitrogens with zero attached hydrogens (tertiary/aromatic N) is 1. The first-order chi connectivity index (χ1) is 26.1. The highest BCUT2D eigenvalue weighted by Crippen LogP contribution is 2.57. The number of aliphatic hydroxyl groups is 4. The number of unbranched alkanes of at least 4 members (excludes halogenated alkanes) is 3. The van der Waals surface area contributed by atoms with E-state index in [2.05, 4.69) is 11.9 Å². The van der Waals surface area contributed by atoms with Crippen molar-refractivity contribution < 1.29 is 53.8 Å². The Kier molecular flexibility index (Phi) is 12.4. The molecule has 6 rings (SSSR count). The number of carbonyl (C=O) groups is 3. The largest absolute Gasteiger partial charge is 0.492 e. The van der Waals surface area contributed by atoms with Crippen LogP contribution < -0.4 is 24.8 Å². The van der Waals surface area contributed by atoms with Crippen LogP contribution in [0.2, 0.25) is 0 Å². The molecule has 290 valence electrons. The molecule has 0 radical (unpaired) electrons. The van der Waals surface area contributed by atoms with Gasteiger partial charge in [-0.25, -0.2) is 4.79 Å². The van der Waals surface area contributed by atoms with Crippen LogP contribution in [0.25, 0.3) is 11.6 Å². The number of hydrogen-bond acceptors (Lipinski definition) is 12. The second-order valence-electron chi connectivity index (χ2n) is 14.6. The summed E-state index contributed by atoms with van der Waals surface area (Å²) in [6, 6.07) is 5.66. The van der Waals surface area contributed by atoms with Gasteiger partial charge in [-0.15, -0.1) is 0 Å². The van der Waals surface area contributed by atoms with Gasteiger partial charge in [-0.1, -0.05) is 50.3 Å². The van der Waals surface area contributed by atoms with E-state index in [1.54, 1.807) is 13.8 Å². The van der Waals surface area contributed by atoms with Crippen LogP contribution in [0.5, 0.6) is 17.2 Å². The van der Waals surface area contributed by atoms with Crippen LogP contribution >= 0.6 is 0 Å². The number of Topliss-reactive ketones (excluding diaryl/α,β-unsaturated/α-hetero) is 1. The van der Waals surface area contributed by atoms with E-state index < -0.39 is 48.5 Å². The minimum Gasteiger partial charge on any atom is -0.492 e. The van der Waals surface area contributed by atoms with Gasteiger partial charge in [-0.05, 0) is 56.0 Å². The number of aldehydes is 1. The average Bonchev–Trinajstić information content (AvgIpc) is 3.84. The zero-order valence-electron chi connectivity index (χ0n) is 31.3. The fourth-order valence-electron chi connectivity index (χ4n) is 8.12. The molecule has 12 nitrogen and oxygen atoms in total. The number of allylic oxidation sites excluding steroid dienone is 3. The third-order valence-electron chi connectivity index (χ3n) is 11.0. The van der Waals surface area contributed by atoms with Crippen molar-refractivity contribution in [2.45, 2.75) is 103 Å². The Balaban J connectivity index is 1.59. The first kappa shape index (κ1) is 39.3. The number of hydrogen-bond donors (Lipinski definition) is 4.